The highest BCUT2D eigenvalue weighted by Crippen LogP contribution is 2.38. The molecule has 4 rings (SSSR count). The molecule has 1 aliphatic heterocycles. The van der Waals surface area contributed by atoms with Gasteiger partial charge in [-0.2, -0.15) is 0 Å². The first-order valence-electron chi connectivity index (χ1n) is 11.6. The fraction of sp³-hybridized carbons (Fsp3) is 0.214. The molecular formula is C28H25ClINO5S. The van der Waals surface area contributed by atoms with Gasteiger partial charge in [-0.25, -0.2) is 0 Å². The number of ether oxygens (including phenoxy) is 3. The van der Waals surface area contributed by atoms with E-state index in [9.17, 15) is 9.59 Å². The fourth-order valence-corrected chi connectivity index (χ4v) is 5.45. The largest absolute Gasteiger partial charge is 0.492 e. The monoisotopic (exact) mass is 649 g/mol. The fourth-order valence-electron chi connectivity index (χ4n) is 3.59. The molecule has 0 saturated carbocycles. The second-order valence-corrected chi connectivity index (χ2v) is 10.8. The van der Waals surface area contributed by atoms with E-state index in [1.54, 1.807) is 6.08 Å². The van der Waals surface area contributed by atoms with Crippen LogP contribution in [0.5, 0.6) is 17.2 Å². The summed E-state index contributed by atoms with van der Waals surface area (Å²) in [6.07, 6.45) is 1.71. The summed E-state index contributed by atoms with van der Waals surface area (Å²) in [5.41, 5.74) is 2.81. The van der Waals surface area contributed by atoms with E-state index in [1.807, 2.05) is 74.5 Å². The number of rotatable bonds is 10. The lowest BCUT2D eigenvalue weighted by Gasteiger charge is -2.15. The molecule has 0 radical (unpaired) electrons. The van der Waals surface area contributed by atoms with Gasteiger partial charge in [0.25, 0.3) is 11.1 Å². The van der Waals surface area contributed by atoms with E-state index < -0.39 is 0 Å². The molecular weight excluding hydrogens is 625 g/mol. The summed E-state index contributed by atoms with van der Waals surface area (Å²) in [5, 5.41) is 0.330. The molecule has 0 N–H and O–H groups in total. The number of hydrogen-bond donors (Lipinski definition) is 0. The van der Waals surface area contributed by atoms with E-state index in [0.29, 0.717) is 40.4 Å². The van der Waals surface area contributed by atoms with E-state index in [-0.39, 0.29) is 24.3 Å². The summed E-state index contributed by atoms with van der Waals surface area (Å²) in [4.78, 5) is 27.0. The molecule has 37 heavy (non-hydrogen) atoms. The first-order chi connectivity index (χ1) is 17.8. The number of carbonyl (C=O) groups is 2. The number of carbonyl (C=O) groups excluding carboxylic acids is 2. The van der Waals surface area contributed by atoms with Crippen LogP contribution < -0.4 is 14.2 Å². The Kier molecular flexibility index (Phi) is 9.39. The van der Waals surface area contributed by atoms with Gasteiger partial charge >= 0.3 is 0 Å². The van der Waals surface area contributed by atoms with Crippen molar-refractivity contribution in [3.05, 3.63) is 90.9 Å². The molecule has 3 aromatic rings. The average molecular weight is 650 g/mol. The molecule has 6 nitrogen and oxygen atoms in total. The van der Waals surface area contributed by atoms with E-state index >= 15 is 0 Å². The molecule has 0 atom stereocenters. The van der Waals surface area contributed by atoms with Gasteiger partial charge in [0, 0.05) is 5.02 Å². The molecule has 3 aromatic carbocycles. The highest BCUT2D eigenvalue weighted by molar-refractivity contribution is 14.1. The molecule has 0 unspecified atom stereocenters. The summed E-state index contributed by atoms with van der Waals surface area (Å²) < 4.78 is 18.4. The number of nitrogens with zero attached hydrogens (tertiary/aromatic N) is 1. The van der Waals surface area contributed by atoms with E-state index in [4.69, 9.17) is 25.8 Å². The first kappa shape index (κ1) is 27.3. The number of hydrogen-bond acceptors (Lipinski definition) is 6. The molecule has 0 spiro atoms. The highest BCUT2D eigenvalue weighted by atomic mass is 127. The van der Waals surface area contributed by atoms with Crippen LogP contribution in [-0.2, 0) is 11.4 Å². The molecule has 1 fully saturated rings. The van der Waals surface area contributed by atoms with Crippen molar-refractivity contribution in [1.82, 2.24) is 4.90 Å². The van der Waals surface area contributed by atoms with Crippen molar-refractivity contribution >= 4 is 63.2 Å². The van der Waals surface area contributed by atoms with Crippen molar-refractivity contribution in [3.8, 4) is 17.2 Å². The molecule has 1 saturated heterocycles. The normalized spacial score (nSPS) is 14.4. The number of thioether (sulfide) groups is 1. The van der Waals surface area contributed by atoms with Crippen LogP contribution in [0.2, 0.25) is 5.02 Å². The number of imide groups is 1. The third-order valence-electron chi connectivity index (χ3n) is 5.38. The third-order valence-corrected chi connectivity index (χ3v) is 7.32. The zero-order valence-electron chi connectivity index (χ0n) is 20.3. The molecule has 1 heterocycles. The molecule has 192 valence electrons. The Hall–Kier alpha value is -2.69. The molecule has 2 amide bonds. The first-order valence-corrected chi connectivity index (χ1v) is 13.9. The van der Waals surface area contributed by atoms with Crippen LogP contribution in [0.25, 0.3) is 6.08 Å². The van der Waals surface area contributed by atoms with Gasteiger partial charge in [-0.3, -0.25) is 14.5 Å². The maximum atomic E-state index is 12.9. The molecule has 0 aliphatic carbocycles. The predicted octanol–water partition coefficient (Wildman–Crippen LogP) is 7.35. The van der Waals surface area contributed by atoms with Crippen molar-refractivity contribution in [2.75, 3.05) is 19.8 Å². The SMILES string of the molecule is CCOc1cc(/C=C2\SC(=O)N(CCOc3ccc(C)cc3)C2=O)cc(I)c1OCc1cccc(Cl)c1. The number of benzene rings is 3. The van der Waals surface area contributed by atoms with E-state index in [0.717, 1.165) is 32.0 Å². The van der Waals surface area contributed by atoms with Gasteiger partial charge in [0.1, 0.15) is 19.0 Å². The minimum Gasteiger partial charge on any atom is -0.492 e. The lowest BCUT2D eigenvalue weighted by atomic mass is 10.1. The van der Waals surface area contributed by atoms with E-state index in [2.05, 4.69) is 22.6 Å². The summed E-state index contributed by atoms with van der Waals surface area (Å²) in [5.74, 6) is 1.54. The van der Waals surface area contributed by atoms with Crippen LogP contribution in [0.4, 0.5) is 4.79 Å². The minimum atomic E-state index is -0.336. The van der Waals surface area contributed by atoms with Crippen molar-refractivity contribution in [2.24, 2.45) is 0 Å². The van der Waals surface area contributed by atoms with Crippen molar-refractivity contribution in [3.63, 3.8) is 0 Å². The Morgan fingerprint density at radius 3 is 2.54 bits per heavy atom. The zero-order valence-corrected chi connectivity index (χ0v) is 24.1. The average Bonchev–Trinajstić information content (AvgIpc) is 3.12. The van der Waals surface area contributed by atoms with Gasteiger partial charge in [0.2, 0.25) is 0 Å². The standard InChI is InChI=1S/C28H25ClINO5S/c1-3-34-24-15-20(14-23(30)26(24)36-17-19-5-4-6-21(29)13-19)16-25-27(32)31(28(33)37-25)11-12-35-22-9-7-18(2)8-10-22/h4-10,13-16H,3,11-12,17H2,1-2H3/b25-16-. The van der Waals surface area contributed by atoms with Crippen LogP contribution in [0, 0.1) is 10.5 Å². The van der Waals surface area contributed by atoms with Crippen LogP contribution in [0.1, 0.15) is 23.6 Å². The van der Waals surface area contributed by atoms with Crippen LogP contribution in [-0.4, -0.2) is 35.8 Å². The zero-order chi connectivity index (χ0) is 26.4. The summed E-state index contributed by atoms with van der Waals surface area (Å²) >= 11 is 9.18. The second kappa shape index (κ2) is 12.7. The lowest BCUT2D eigenvalue weighted by Crippen LogP contribution is -2.32. The maximum absolute atomic E-state index is 12.9. The Labute approximate surface area is 239 Å². The van der Waals surface area contributed by atoms with Gasteiger partial charge in [0.15, 0.2) is 11.5 Å². The molecule has 0 aromatic heterocycles. The van der Waals surface area contributed by atoms with E-state index in [1.165, 1.54) is 4.90 Å². The Bertz CT molecular complexity index is 1330. The van der Waals surface area contributed by atoms with Crippen molar-refractivity contribution < 1.29 is 23.8 Å². The second-order valence-electron chi connectivity index (χ2n) is 8.18. The Morgan fingerprint density at radius 2 is 1.81 bits per heavy atom. The van der Waals surface area contributed by atoms with Gasteiger partial charge in [-0.05, 0) is 102 Å². The van der Waals surface area contributed by atoms with Gasteiger partial charge in [-0.1, -0.05) is 41.4 Å². The summed E-state index contributed by atoms with van der Waals surface area (Å²) in [6, 6.07) is 18.8. The van der Waals surface area contributed by atoms with Crippen molar-refractivity contribution in [2.45, 2.75) is 20.5 Å². The molecule has 0 bridgehead atoms. The smallest absolute Gasteiger partial charge is 0.293 e. The van der Waals surface area contributed by atoms with Gasteiger partial charge in [0.05, 0.1) is 21.6 Å². The number of aryl methyl sites for hydroxylation is 1. The third kappa shape index (κ3) is 7.21. The topological polar surface area (TPSA) is 65.1 Å². The Balaban J connectivity index is 1.45. The maximum Gasteiger partial charge on any atom is 0.293 e. The summed E-state index contributed by atoms with van der Waals surface area (Å²) in [7, 11) is 0. The predicted molar refractivity (Wildman–Crippen MR) is 155 cm³/mol. The lowest BCUT2D eigenvalue weighted by molar-refractivity contribution is -0.123. The quantitative estimate of drug-likeness (QED) is 0.169. The highest BCUT2D eigenvalue weighted by Gasteiger charge is 2.35. The number of halogens is 2. The minimum absolute atomic E-state index is 0.174. The number of amides is 2. The van der Waals surface area contributed by atoms with Crippen molar-refractivity contribution in [1.29, 1.82) is 0 Å². The summed E-state index contributed by atoms with van der Waals surface area (Å²) in [6.45, 7) is 5.07. The molecule has 9 heteroatoms. The molecule has 1 aliphatic rings. The van der Waals surface area contributed by atoms with Gasteiger partial charge < -0.3 is 14.2 Å². The Morgan fingerprint density at radius 1 is 1.03 bits per heavy atom. The van der Waals surface area contributed by atoms with Crippen LogP contribution >= 0.6 is 46.0 Å². The van der Waals surface area contributed by atoms with Gasteiger partial charge in [-0.15, -0.1) is 0 Å². The van der Waals surface area contributed by atoms with Crippen LogP contribution in [0.3, 0.4) is 0 Å². The van der Waals surface area contributed by atoms with Crippen LogP contribution in [0.15, 0.2) is 65.6 Å².